The number of halogens is 3. The Balaban J connectivity index is 1.51. The molecule has 212 valence electrons. The molecule has 0 spiro atoms. The van der Waals surface area contributed by atoms with Crippen LogP contribution < -0.4 is 16.0 Å². The molecule has 0 bridgehead atoms. The lowest BCUT2D eigenvalue weighted by atomic mass is 9.95. The third kappa shape index (κ3) is 5.28. The molecule has 1 fully saturated rings. The fraction of sp³-hybridized carbons (Fsp3) is 0.414. The van der Waals surface area contributed by atoms with Crippen LogP contribution in [0.15, 0.2) is 30.5 Å². The minimum Gasteiger partial charge on any atom is -0.387 e. The Morgan fingerprint density at radius 3 is 2.50 bits per heavy atom. The van der Waals surface area contributed by atoms with Crippen LogP contribution in [0.1, 0.15) is 67.0 Å². The van der Waals surface area contributed by atoms with E-state index in [1.54, 1.807) is 0 Å². The van der Waals surface area contributed by atoms with E-state index < -0.39 is 46.3 Å². The zero-order valence-electron chi connectivity index (χ0n) is 22.5. The number of hydrogen-bond donors (Lipinski definition) is 4. The van der Waals surface area contributed by atoms with Crippen molar-refractivity contribution in [1.29, 1.82) is 0 Å². The van der Waals surface area contributed by atoms with Crippen molar-refractivity contribution in [2.75, 3.05) is 23.3 Å². The molecule has 1 aliphatic heterocycles. The van der Waals surface area contributed by atoms with Gasteiger partial charge in [0.05, 0.1) is 40.5 Å². The van der Waals surface area contributed by atoms with Gasteiger partial charge in [0.15, 0.2) is 0 Å². The number of rotatable bonds is 5. The molecular formula is C29H32F3N5O3. The number of carbonyl (C=O) groups is 1. The highest BCUT2D eigenvalue weighted by molar-refractivity contribution is 6.05. The molecule has 3 unspecified atom stereocenters. The number of aliphatic hydroxyl groups excluding tert-OH is 1. The van der Waals surface area contributed by atoms with E-state index in [1.165, 1.54) is 20.0 Å². The molecule has 1 aliphatic carbocycles. The highest BCUT2D eigenvalue weighted by atomic mass is 19.1. The first kappa shape index (κ1) is 28.0. The molecule has 8 nitrogen and oxygen atoms in total. The Morgan fingerprint density at radius 2 is 1.85 bits per heavy atom. The summed E-state index contributed by atoms with van der Waals surface area (Å²) in [5, 5.41) is 23.3. The van der Waals surface area contributed by atoms with Crippen LogP contribution in [0.3, 0.4) is 0 Å². The standard InChI is InChI=1S/C29H32F3N5O3/c1-14-8-16(33)13-37(12-14)27-17-4-7-23(38)25(17)34-11-22(27)36-28(39)21-6-5-18(30)26(35-21)24-19(31)9-15(10-20(24)32)29(2,3)40/h5-6,9-11,14,16,23,38,40H,4,7-8,12-13,33H2,1-3H3,(H,36,39). The minimum absolute atomic E-state index is 0.0333. The number of hydrogen-bond acceptors (Lipinski definition) is 7. The van der Waals surface area contributed by atoms with Crippen LogP contribution in [-0.2, 0) is 12.0 Å². The zero-order valence-corrected chi connectivity index (χ0v) is 22.5. The van der Waals surface area contributed by atoms with Gasteiger partial charge in [-0.1, -0.05) is 6.92 Å². The first-order valence-electron chi connectivity index (χ1n) is 13.2. The normalized spacial score (nSPS) is 20.9. The quantitative estimate of drug-likeness (QED) is 0.372. The van der Waals surface area contributed by atoms with Gasteiger partial charge >= 0.3 is 0 Å². The van der Waals surface area contributed by atoms with Crippen LogP contribution >= 0.6 is 0 Å². The number of aromatic nitrogens is 2. The Hall–Kier alpha value is -3.54. The van der Waals surface area contributed by atoms with E-state index in [1.807, 2.05) is 0 Å². The average Bonchev–Trinajstić information content (AvgIpc) is 3.23. The highest BCUT2D eigenvalue weighted by Gasteiger charge is 2.33. The molecule has 5 N–H and O–H groups in total. The number of aliphatic hydroxyl groups is 2. The van der Waals surface area contributed by atoms with Crippen molar-refractivity contribution in [2.24, 2.45) is 11.7 Å². The van der Waals surface area contributed by atoms with Crippen molar-refractivity contribution in [2.45, 2.75) is 57.8 Å². The first-order chi connectivity index (χ1) is 18.8. The van der Waals surface area contributed by atoms with Crippen LogP contribution in [0, 0.1) is 23.4 Å². The van der Waals surface area contributed by atoms with E-state index in [-0.39, 0.29) is 17.3 Å². The summed E-state index contributed by atoms with van der Waals surface area (Å²) in [6, 6.07) is 3.79. The number of nitrogens with two attached hydrogens (primary N) is 1. The monoisotopic (exact) mass is 555 g/mol. The maximum absolute atomic E-state index is 15.0. The molecule has 0 saturated carbocycles. The second-order valence-corrected chi connectivity index (χ2v) is 11.3. The Kier molecular flexibility index (Phi) is 7.32. The molecule has 3 atom stereocenters. The smallest absolute Gasteiger partial charge is 0.274 e. The summed E-state index contributed by atoms with van der Waals surface area (Å²) in [6.45, 7) is 6.08. The van der Waals surface area contributed by atoms with E-state index in [0.717, 1.165) is 41.9 Å². The number of benzene rings is 1. The molecule has 0 radical (unpaired) electrons. The molecule has 5 rings (SSSR count). The van der Waals surface area contributed by atoms with Gasteiger partial charge in [0.25, 0.3) is 5.91 Å². The summed E-state index contributed by atoms with van der Waals surface area (Å²) < 4.78 is 44.7. The molecule has 40 heavy (non-hydrogen) atoms. The SMILES string of the molecule is CC1CC(N)CN(c2c(NC(=O)c3ccc(F)c(-c4c(F)cc(C(C)(C)O)cc4F)n3)cnc3c2CCC3O)C1. The van der Waals surface area contributed by atoms with Crippen LogP contribution in [-0.4, -0.2) is 45.2 Å². The summed E-state index contributed by atoms with van der Waals surface area (Å²) in [5.74, 6) is -3.70. The fourth-order valence-corrected chi connectivity index (χ4v) is 5.63. The topological polar surface area (TPSA) is 125 Å². The second kappa shape index (κ2) is 10.5. The molecule has 11 heteroatoms. The molecule has 2 aliphatic rings. The molecule has 3 aromatic rings. The zero-order chi connectivity index (χ0) is 28.9. The average molecular weight is 556 g/mol. The summed E-state index contributed by atoms with van der Waals surface area (Å²) >= 11 is 0. The van der Waals surface area contributed by atoms with Gasteiger partial charge in [-0.05, 0) is 68.9 Å². The third-order valence-corrected chi connectivity index (χ3v) is 7.49. The molecule has 3 heterocycles. The number of fused-ring (bicyclic) bond motifs is 1. The summed E-state index contributed by atoms with van der Waals surface area (Å²) in [6.07, 6.45) is 2.70. The predicted molar refractivity (Wildman–Crippen MR) is 144 cm³/mol. The van der Waals surface area contributed by atoms with Crippen LogP contribution in [0.4, 0.5) is 24.5 Å². The number of carbonyl (C=O) groups excluding carboxylic acids is 1. The summed E-state index contributed by atoms with van der Waals surface area (Å²) in [7, 11) is 0. The summed E-state index contributed by atoms with van der Waals surface area (Å²) in [5.41, 5.74) is 5.54. The number of nitrogens with one attached hydrogen (secondary N) is 1. The van der Waals surface area contributed by atoms with E-state index in [0.29, 0.717) is 43.2 Å². The lowest BCUT2D eigenvalue weighted by Crippen LogP contribution is -2.47. The minimum atomic E-state index is -1.53. The Bertz CT molecular complexity index is 1440. The first-order valence-corrected chi connectivity index (χ1v) is 13.2. The number of nitrogens with zero attached hydrogens (tertiary/aromatic N) is 3. The van der Waals surface area contributed by atoms with Crippen LogP contribution in [0.5, 0.6) is 0 Å². The lowest BCUT2D eigenvalue weighted by molar-refractivity contribution is 0.0778. The van der Waals surface area contributed by atoms with Crippen molar-refractivity contribution >= 4 is 17.3 Å². The van der Waals surface area contributed by atoms with Gasteiger partial charge < -0.3 is 26.2 Å². The molecular weight excluding hydrogens is 523 g/mol. The molecule has 1 saturated heterocycles. The van der Waals surface area contributed by atoms with Gasteiger partial charge in [0.1, 0.15) is 28.8 Å². The molecule has 2 aromatic heterocycles. The van der Waals surface area contributed by atoms with Crippen LogP contribution in [0.2, 0.25) is 0 Å². The lowest BCUT2D eigenvalue weighted by Gasteiger charge is -2.38. The number of pyridine rings is 2. The van der Waals surface area contributed by atoms with Gasteiger partial charge in [0.2, 0.25) is 0 Å². The Labute approximate surface area is 230 Å². The van der Waals surface area contributed by atoms with Crippen molar-refractivity contribution in [3.63, 3.8) is 0 Å². The summed E-state index contributed by atoms with van der Waals surface area (Å²) in [4.78, 5) is 23.8. The third-order valence-electron chi connectivity index (χ3n) is 7.49. The number of piperidine rings is 1. The van der Waals surface area contributed by atoms with Gasteiger partial charge in [-0.15, -0.1) is 0 Å². The maximum atomic E-state index is 15.0. The number of anilines is 2. The fourth-order valence-electron chi connectivity index (χ4n) is 5.63. The van der Waals surface area contributed by atoms with Gasteiger partial charge in [0, 0.05) is 24.7 Å². The largest absolute Gasteiger partial charge is 0.387 e. The van der Waals surface area contributed by atoms with Crippen molar-refractivity contribution in [3.8, 4) is 11.3 Å². The maximum Gasteiger partial charge on any atom is 0.274 e. The predicted octanol–water partition coefficient (Wildman–Crippen LogP) is 4.19. The highest BCUT2D eigenvalue weighted by Crippen LogP contribution is 2.42. The number of amides is 1. The van der Waals surface area contributed by atoms with Gasteiger partial charge in [-0.25, -0.2) is 18.2 Å². The van der Waals surface area contributed by atoms with E-state index in [4.69, 9.17) is 5.73 Å². The molecule has 1 aromatic carbocycles. The molecule has 1 amide bonds. The van der Waals surface area contributed by atoms with Gasteiger partial charge in [-0.2, -0.15) is 0 Å². The van der Waals surface area contributed by atoms with E-state index in [2.05, 4.69) is 27.1 Å². The van der Waals surface area contributed by atoms with Crippen molar-refractivity contribution in [3.05, 3.63) is 70.4 Å². The van der Waals surface area contributed by atoms with E-state index in [9.17, 15) is 28.2 Å². The van der Waals surface area contributed by atoms with Crippen LogP contribution in [0.25, 0.3) is 11.3 Å². The van der Waals surface area contributed by atoms with Crippen molar-refractivity contribution < 1.29 is 28.2 Å². The van der Waals surface area contributed by atoms with E-state index >= 15 is 0 Å². The second-order valence-electron chi connectivity index (χ2n) is 11.3. The Morgan fingerprint density at radius 1 is 1.15 bits per heavy atom. The van der Waals surface area contributed by atoms with Gasteiger partial charge in [-0.3, -0.25) is 9.78 Å². The van der Waals surface area contributed by atoms with Crippen molar-refractivity contribution in [1.82, 2.24) is 9.97 Å².